The molecule has 5 nitrogen and oxygen atoms in total. The Morgan fingerprint density at radius 1 is 1.00 bits per heavy atom. The lowest BCUT2D eigenvalue weighted by Crippen LogP contribution is -2.46. The average Bonchev–Trinajstić information content (AvgIpc) is 2.72. The fourth-order valence-electron chi connectivity index (χ4n) is 3.30. The Labute approximate surface area is 157 Å². The number of nitrogens with zero attached hydrogens (tertiary/aromatic N) is 5. The third kappa shape index (κ3) is 4.52. The van der Waals surface area contributed by atoms with Crippen LogP contribution >= 0.6 is 0 Å². The first-order valence-corrected chi connectivity index (χ1v) is 9.84. The van der Waals surface area contributed by atoms with Crippen LogP contribution in [0.5, 0.6) is 0 Å². The van der Waals surface area contributed by atoms with Gasteiger partial charge in [-0.2, -0.15) is 0 Å². The summed E-state index contributed by atoms with van der Waals surface area (Å²) in [6.07, 6.45) is 2.36. The number of likely N-dealkylation sites (N-methyl/N-ethyl adjacent to an activating group) is 1. The molecule has 1 saturated heterocycles. The molecule has 0 radical (unpaired) electrons. The summed E-state index contributed by atoms with van der Waals surface area (Å²) in [6.45, 7) is 10.8. The van der Waals surface area contributed by atoms with Gasteiger partial charge in [0.05, 0.1) is 0 Å². The molecule has 2 heterocycles. The van der Waals surface area contributed by atoms with Crippen molar-refractivity contribution in [3.63, 3.8) is 0 Å². The highest BCUT2D eigenvalue weighted by atomic mass is 15.3. The van der Waals surface area contributed by atoms with E-state index >= 15 is 0 Å². The van der Waals surface area contributed by atoms with Crippen molar-refractivity contribution in [1.82, 2.24) is 14.9 Å². The van der Waals surface area contributed by atoms with Crippen LogP contribution in [0.1, 0.15) is 26.7 Å². The maximum absolute atomic E-state index is 4.91. The van der Waals surface area contributed by atoms with Crippen molar-refractivity contribution in [2.24, 2.45) is 0 Å². The summed E-state index contributed by atoms with van der Waals surface area (Å²) in [6, 6.07) is 12.5. The summed E-state index contributed by atoms with van der Waals surface area (Å²) in [7, 11) is 2.13. The van der Waals surface area contributed by atoms with E-state index in [-0.39, 0.29) is 0 Å². The maximum atomic E-state index is 4.91. The molecule has 0 aliphatic carbocycles. The number of aromatic nitrogens is 2. The SMILES string of the molecule is CCCCN(C)c1cc(N2CCN(CC)CC2)nc(-c2ccccc2)n1. The van der Waals surface area contributed by atoms with E-state index in [1.165, 1.54) is 12.8 Å². The smallest absolute Gasteiger partial charge is 0.163 e. The van der Waals surface area contributed by atoms with Gasteiger partial charge in [0.25, 0.3) is 0 Å². The van der Waals surface area contributed by atoms with Crippen LogP contribution in [0.25, 0.3) is 11.4 Å². The Kier molecular flexibility index (Phi) is 6.45. The van der Waals surface area contributed by atoms with Gasteiger partial charge in [0.1, 0.15) is 11.6 Å². The fourth-order valence-corrected chi connectivity index (χ4v) is 3.30. The van der Waals surface area contributed by atoms with Gasteiger partial charge >= 0.3 is 0 Å². The second-order valence-electron chi connectivity index (χ2n) is 6.97. The second-order valence-corrected chi connectivity index (χ2v) is 6.97. The highest BCUT2D eigenvalue weighted by molar-refractivity contribution is 5.62. The Bertz CT molecular complexity index is 680. The van der Waals surface area contributed by atoms with Crippen LogP contribution < -0.4 is 9.80 Å². The van der Waals surface area contributed by atoms with Crippen molar-refractivity contribution in [2.45, 2.75) is 26.7 Å². The van der Waals surface area contributed by atoms with Crippen LogP contribution in [-0.4, -0.2) is 61.2 Å². The number of rotatable bonds is 7. The summed E-state index contributed by atoms with van der Waals surface area (Å²) in [5.74, 6) is 2.88. The quantitative estimate of drug-likeness (QED) is 0.761. The van der Waals surface area contributed by atoms with Crippen molar-refractivity contribution < 1.29 is 0 Å². The third-order valence-corrected chi connectivity index (χ3v) is 5.11. The summed E-state index contributed by atoms with van der Waals surface area (Å²) >= 11 is 0. The van der Waals surface area contributed by atoms with E-state index in [1.807, 2.05) is 18.2 Å². The molecule has 0 atom stereocenters. The predicted octanol–water partition coefficient (Wildman–Crippen LogP) is 3.52. The lowest BCUT2D eigenvalue weighted by molar-refractivity contribution is 0.270. The first-order valence-electron chi connectivity index (χ1n) is 9.84. The Hall–Kier alpha value is -2.14. The summed E-state index contributed by atoms with van der Waals surface area (Å²) in [5, 5.41) is 0. The zero-order valence-electron chi connectivity index (χ0n) is 16.4. The van der Waals surface area contributed by atoms with Gasteiger partial charge in [-0.3, -0.25) is 0 Å². The molecule has 3 rings (SSSR count). The highest BCUT2D eigenvalue weighted by Gasteiger charge is 2.19. The van der Waals surface area contributed by atoms with Crippen molar-refractivity contribution in [1.29, 1.82) is 0 Å². The minimum absolute atomic E-state index is 0.819. The molecule has 5 heteroatoms. The zero-order valence-corrected chi connectivity index (χ0v) is 16.4. The van der Waals surface area contributed by atoms with E-state index < -0.39 is 0 Å². The molecule has 2 aromatic rings. The number of hydrogen-bond donors (Lipinski definition) is 0. The first kappa shape index (κ1) is 18.6. The van der Waals surface area contributed by atoms with E-state index in [1.54, 1.807) is 0 Å². The van der Waals surface area contributed by atoms with E-state index in [9.17, 15) is 0 Å². The van der Waals surface area contributed by atoms with Crippen molar-refractivity contribution in [2.75, 3.05) is 56.1 Å². The van der Waals surface area contributed by atoms with Gasteiger partial charge in [0, 0.05) is 51.4 Å². The Balaban J connectivity index is 1.90. The number of unbranched alkanes of at least 4 members (excludes halogenated alkanes) is 1. The maximum Gasteiger partial charge on any atom is 0.163 e. The van der Waals surface area contributed by atoms with Crippen LogP contribution in [0.3, 0.4) is 0 Å². The van der Waals surface area contributed by atoms with E-state index in [0.29, 0.717) is 0 Å². The number of hydrogen-bond acceptors (Lipinski definition) is 5. The normalized spacial score (nSPS) is 15.3. The molecule has 1 fully saturated rings. The van der Waals surface area contributed by atoms with E-state index in [4.69, 9.17) is 9.97 Å². The van der Waals surface area contributed by atoms with Gasteiger partial charge in [-0.1, -0.05) is 50.6 Å². The summed E-state index contributed by atoms with van der Waals surface area (Å²) in [5.41, 5.74) is 1.08. The molecule has 0 N–H and O–H groups in total. The van der Waals surface area contributed by atoms with Crippen LogP contribution in [0.15, 0.2) is 36.4 Å². The molecule has 1 aromatic carbocycles. The van der Waals surface area contributed by atoms with Gasteiger partial charge < -0.3 is 14.7 Å². The molecule has 0 saturated carbocycles. The Morgan fingerprint density at radius 2 is 1.73 bits per heavy atom. The number of benzene rings is 1. The zero-order chi connectivity index (χ0) is 18.4. The minimum atomic E-state index is 0.819. The van der Waals surface area contributed by atoms with Crippen molar-refractivity contribution in [3.05, 3.63) is 36.4 Å². The fraction of sp³-hybridized carbons (Fsp3) is 0.524. The largest absolute Gasteiger partial charge is 0.359 e. The second kappa shape index (κ2) is 8.99. The predicted molar refractivity (Wildman–Crippen MR) is 110 cm³/mol. The van der Waals surface area contributed by atoms with Gasteiger partial charge in [0.2, 0.25) is 0 Å². The summed E-state index contributed by atoms with van der Waals surface area (Å²) in [4.78, 5) is 16.9. The molecule has 140 valence electrons. The van der Waals surface area contributed by atoms with Gasteiger partial charge in [-0.25, -0.2) is 9.97 Å². The minimum Gasteiger partial charge on any atom is -0.359 e. The van der Waals surface area contributed by atoms with Crippen molar-refractivity contribution >= 4 is 11.6 Å². The molecule has 0 amide bonds. The molecule has 0 unspecified atom stereocenters. The monoisotopic (exact) mass is 353 g/mol. The van der Waals surface area contributed by atoms with Crippen LogP contribution in [0.2, 0.25) is 0 Å². The molecule has 0 spiro atoms. The molecule has 1 aromatic heterocycles. The van der Waals surface area contributed by atoms with Crippen LogP contribution in [0.4, 0.5) is 11.6 Å². The summed E-state index contributed by atoms with van der Waals surface area (Å²) < 4.78 is 0. The topological polar surface area (TPSA) is 35.5 Å². The first-order chi connectivity index (χ1) is 12.7. The average molecular weight is 354 g/mol. The lowest BCUT2D eigenvalue weighted by atomic mass is 10.2. The van der Waals surface area contributed by atoms with Gasteiger partial charge in [-0.05, 0) is 13.0 Å². The highest BCUT2D eigenvalue weighted by Crippen LogP contribution is 2.25. The molecular formula is C21H31N5. The van der Waals surface area contributed by atoms with Gasteiger partial charge in [-0.15, -0.1) is 0 Å². The standard InChI is InChI=1S/C21H31N5/c1-4-6-12-24(3)19-17-20(26-15-13-25(5-2)14-16-26)23-21(22-19)18-10-8-7-9-11-18/h7-11,17H,4-6,12-16H2,1-3H3. The number of anilines is 2. The van der Waals surface area contributed by atoms with E-state index in [2.05, 4.69) is 53.8 Å². The van der Waals surface area contributed by atoms with Crippen LogP contribution in [0, 0.1) is 0 Å². The number of piperazine rings is 1. The van der Waals surface area contributed by atoms with E-state index in [0.717, 1.165) is 62.3 Å². The third-order valence-electron chi connectivity index (χ3n) is 5.11. The molecule has 1 aliphatic heterocycles. The van der Waals surface area contributed by atoms with Crippen molar-refractivity contribution in [3.8, 4) is 11.4 Å². The van der Waals surface area contributed by atoms with Gasteiger partial charge in [0.15, 0.2) is 5.82 Å². The van der Waals surface area contributed by atoms with Crippen LogP contribution in [-0.2, 0) is 0 Å². The molecular weight excluding hydrogens is 322 g/mol. The molecule has 26 heavy (non-hydrogen) atoms. The lowest BCUT2D eigenvalue weighted by Gasteiger charge is -2.35. The molecule has 0 bridgehead atoms. The molecule has 1 aliphatic rings. The Morgan fingerprint density at radius 3 is 2.38 bits per heavy atom.